The van der Waals surface area contributed by atoms with Crippen LogP contribution in [0.1, 0.15) is 90.0 Å². The molecule has 61 heavy (non-hydrogen) atoms. The summed E-state index contributed by atoms with van der Waals surface area (Å²) >= 11 is 0. The van der Waals surface area contributed by atoms with Crippen molar-refractivity contribution in [2.75, 3.05) is 27.3 Å². The number of rotatable bonds is 14. The first kappa shape index (κ1) is 41.6. The summed E-state index contributed by atoms with van der Waals surface area (Å²) in [5.41, 5.74) is 6.25. The number of nitrogens with one attached hydrogen (secondary N) is 4. The molecule has 8 rings (SSSR count). The molecule has 4 heterocycles. The molecule has 0 radical (unpaired) electrons. The van der Waals surface area contributed by atoms with Gasteiger partial charge in [0.15, 0.2) is 5.88 Å². The van der Waals surface area contributed by atoms with Gasteiger partial charge < -0.3 is 39.9 Å². The maximum absolute atomic E-state index is 13.8. The number of amides is 3. The van der Waals surface area contributed by atoms with E-state index in [9.17, 15) is 14.4 Å². The highest BCUT2D eigenvalue weighted by Crippen LogP contribution is 2.58. The fourth-order valence-electron chi connectivity index (χ4n) is 9.36. The molecule has 13 nitrogen and oxygen atoms in total. The van der Waals surface area contributed by atoms with Crippen molar-refractivity contribution in [3.63, 3.8) is 0 Å². The van der Waals surface area contributed by atoms with E-state index < -0.39 is 18.2 Å². The topological polar surface area (TPSA) is 158 Å². The summed E-state index contributed by atoms with van der Waals surface area (Å²) < 4.78 is 10.0. The molecular weight excluding hydrogens is 769 g/mol. The lowest BCUT2D eigenvalue weighted by molar-refractivity contribution is -0.136. The van der Waals surface area contributed by atoms with Gasteiger partial charge in [-0.15, -0.1) is 0 Å². The minimum Gasteiger partial charge on any atom is -0.483 e. The van der Waals surface area contributed by atoms with Crippen molar-refractivity contribution < 1.29 is 23.9 Å². The van der Waals surface area contributed by atoms with E-state index in [1.807, 2.05) is 43.0 Å². The third-order valence-corrected chi connectivity index (χ3v) is 13.2. The zero-order valence-corrected chi connectivity index (χ0v) is 36.1. The summed E-state index contributed by atoms with van der Waals surface area (Å²) in [6.07, 6.45) is 8.70. The number of aromatic nitrogens is 4. The molecule has 1 saturated carbocycles. The van der Waals surface area contributed by atoms with Crippen molar-refractivity contribution in [1.29, 1.82) is 0 Å². The Hall–Kier alpha value is -6.11. The molecule has 3 aliphatic rings. The quantitative estimate of drug-likeness (QED) is 0.0812. The lowest BCUT2D eigenvalue weighted by Gasteiger charge is -2.31. The number of likely N-dealkylation sites (tertiary alicyclic amines) is 2. The predicted molar refractivity (Wildman–Crippen MR) is 236 cm³/mol. The van der Waals surface area contributed by atoms with Gasteiger partial charge in [0.05, 0.1) is 50.1 Å². The van der Waals surface area contributed by atoms with Crippen LogP contribution in [-0.4, -0.2) is 87.0 Å². The first-order valence-electron chi connectivity index (χ1n) is 21.6. The summed E-state index contributed by atoms with van der Waals surface area (Å²) in [6, 6.07) is 20.0. The van der Waals surface area contributed by atoms with Gasteiger partial charge in [-0.05, 0) is 95.5 Å². The zero-order valence-electron chi connectivity index (χ0n) is 36.1. The van der Waals surface area contributed by atoms with Gasteiger partial charge in [-0.2, -0.15) is 0 Å². The van der Waals surface area contributed by atoms with E-state index >= 15 is 0 Å². The summed E-state index contributed by atoms with van der Waals surface area (Å²) in [7, 11) is 2.86. The Labute approximate surface area is 357 Å². The monoisotopic (exact) mass is 826 g/mol. The van der Waals surface area contributed by atoms with Crippen LogP contribution in [0.3, 0.4) is 0 Å². The van der Waals surface area contributed by atoms with Gasteiger partial charge in [0.1, 0.15) is 23.7 Å². The highest BCUT2D eigenvalue weighted by Gasteiger charge is 2.55. The molecule has 4 N–H and O–H groups in total. The van der Waals surface area contributed by atoms with E-state index in [0.717, 1.165) is 94.7 Å². The third-order valence-electron chi connectivity index (χ3n) is 13.2. The molecule has 1 aliphatic carbocycles. The summed E-state index contributed by atoms with van der Waals surface area (Å²) in [5, 5.41) is 8.14. The van der Waals surface area contributed by atoms with Crippen LogP contribution in [0.5, 0.6) is 0 Å². The number of hydrogen-bond acceptors (Lipinski definition) is 8. The molecule has 2 aliphatic heterocycles. The van der Waals surface area contributed by atoms with E-state index in [0.29, 0.717) is 18.8 Å². The van der Waals surface area contributed by atoms with Gasteiger partial charge in [0.25, 0.3) is 0 Å². The smallest absolute Gasteiger partial charge is 0.407 e. The standard InChI is InChI=1S/C48H58N8O5/c1-8-30-18-21-55(46(58)41(28(3)4)54-47(59)61-7)42(30)44-50-25-38(53-44)32-12-10-31(11-13-32)33-14-15-35-23-36(17-16-34(35)22-33)39-26-49-43(52-39)40-24-48(19-20-48)27-56(40)45(57)37(9-2)51-29(5)60-6/h10-17,22-23,25-26,28,30,37,40-42,51H,5,8-9,18-21,24,27H2,1-4,6-7H3,(H,49,52)(H,50,53)(H,54,59)/t30-,37+,40+,41+,42+/m1/s1. The van der Waals surface area contributed by atoms with Crippen molar-refractivity contribution in [2.24, 2.45) is 17.3 Å². The minimum atomic E-state index is -0.692. The van der Waals surface area contributed by atoms with Gasteiger partial charge in [-0.3, -0.25) is 9.59 Å². The van der Waals surface area contributed by atoms with Gasteiger partial charge in [-0.25, -0.2) is 14.8 Å². The number of carbonyl (C=O) groups excluding carboxylic acids is 3. The van der Waals surface area contributed by atoms with Crippen LogP contribution >= 0.6 is 0 Å². The lowest BCUT2D eigenvalue weighted by atomic mass is 9.96. The van der Waals surface area contributed by atoms with Gasteiger partial charge >= 0.3 is 6.09 Å². The molecular formula is C48H58N8O5. The SMILES string of the molecule is C=C(N[C@@H](CC)C(=O)N1CC2(CC2)C[C@H]1c1ncc(-c2ccc3cc(-c4ccc(-c5cnc([C@@H]6[C@H](CC)CCN6C(=O)[C@@H](NC(=O)OC)C(C)C)[nH]5)cc4)ccc3c2)[nH]1)OC. The summed E-state index contributed by atoms with van der Waals surface area (Å²) in [5.74, 6) is 2.04. The van der Waals surface area contributed by atoms with Gasteiger partial charge in [0, 0.05) is 18.7 Å². The molecule has 320 valence electrons. The molecule has 5 atom stereocenters. The van der Waals surface area contributed by atoms with E-state index in [2.05, 4.69) is 94.8 Å². The van der Waals surface area contributed by atoms with Crippen LogP contribution in [0.15, 0.2) is 85.5 Å². The van der Waals surface area contributed by atoms with E-state index in [-0.39, 0.29) is 41.1 Å². The first-order valence-corrected chi connectivity index (χ1v) is 21.6. The maximum atomic E-state index is 13.8. The fourth-order valence-corrected chi connectivity index (χ4v) is 9.36. The van der Waals surface area contributed by atoms with Crippen molar-refractivity contribution in [3.05, 3.63) is 97.2 Å². The number of hydrogen-bond donors (Lipinski definition) is 4. The molecule has 1 spiro atoms. The second-order valence-electron chi connectivity index (χ2n) is 17.4. The molecule has 2 aromatic heterocycles. The number of methoxy groups -OCH3 is 2. The minimum absolute atomic E-state index is 0.0537. The van der Waals surface area contributed by atoms with Crippen LogP contribution in [-0.2, 0) is 19.1 Å². The van der Waals surface area contributed by atoms with Crippen molar-refractivity contribution in [1.82, 2.24) is 40.4 Å². The Kier molecular flexibility index (Phi) is 11.7. The van der Waals surface area contributed by atoms with E-state index in [1.54, 1.807) is 7.11 Å². The van der Waals surface area contributed by atoms with E-state index in [1.165, 1.54) is 7.11 Å². The average Bonchev–Trinajstić information content (AvgIpc) is 3.77. The molecule has 5 aromatic rings. The largest absolute Gasteiger partial charge is 0.483 e. The number of carbonyl (C=O) groups is 3. The lowest BCUT2D eigenvalue weighted by Crippen LogP contribution is -2.51. The Balaban J connectivity index is 0.963. The normalized spacial score (nSPS) is 20.2. The summed E-state index contributed by atoms with van der Waals surface area (Å²) in [4.78, 5) is 60.4. The Morgan fingerprint density at radius 2 is 1.44 bits per heavy atom. The molecule has 0 unspecified atom stereocenters. The molecule has 2 saturated heterocycles. The number of aromatic amines is 2. The highest BCUT2D eigenvalue weighted by atomic mass is 16.5. The Bertz CT molecular complexity index is 2420. The van der Waals surface area contributed by atoms with Crippen molar-refractivity contribution >= 4 is 28.7 Å². The average molecular weight is 827 g/mol. The van der Waals surface area contributed by atoms with Crippen LogP contribution in [0.2, 0.25) is 0 Å². The third kappa shape index (κ3) is 8.34. The Morgan fingerprint density at radius 3 is 2.08 bits per heavy atom. The summed E-state index contributed by atoms with van der Waals surface area (Å²) in [6.45, 7) is 13.2. The second-order valence-corrected chi connectivity index (χ2v) is 17.4. The number of ether oxygens (including phenoxy) is 2. The van der Waals surface area contributed by atoms with Gasteiger partial charge in [0.2, 0.25) is 11.8 Å². The van der Waals surface area contributed by atoms with Crippen LogP contribution in [0.4, 0.5) is 4.79 Å². The van der Waals surface area contributed by atoms with Crippen LogP contribution in [0, 0.1) is 17.3 Å². The number of nitrogens with zero attached hydrogens (tertiary/aromatic N) is 4. The van der Waals surface area contributed by atoms with Crippen molar-refractivity contribution in [2.45, 2.75) is 90.4 Å². The molecule has 3 fully saturated rings. The Morgan fingerprint density at radius 1 is 0.820 bits per heavy atom. The molecule has 0 bridgehead atoms. The predicted octanol–water partition coefficient (Wildman–Crippen LogP) is 8.51. The number of imidazole rings is 2. The number of fused-ring (bicyclic) bond motifs is 1. The number of alkyl carbamates (subject to hydrolysis) is 1. The highest BCUT2D eigenvalue weighted by molar-refractivity contribution is 5.91. The second kappa shape index (κ2) is 17.1. The molecule has 13 heteroatoms. The van der Waals surface area contributed by atoms with E-state index in [4.69, 9.17) is 19.4 Å². The van der Waals surface area contributed by atoms with Gasteiger partial charge in [-0.1, -0.05) is 82.6 Å². The zero-order chi connectivity index (χ0) is 43.0. The molecule has 3 aromatic carbocycles. The molecule has 3 amide bonds. The maximum Gasteiger partial charge on any atom is 0.407 e. The number of H-pyrrole nitrogens is 2. The number of benzene rings is 3. The van der Waals surface area contributed by atoms with Crippen LogP contribution in [0.25, 0.3) is 44.4 Å². The van der Waals surface area contributed by atoms with Crippen LogP contribution < -0.4 is 10.6 Å². The fraction of sp³-hybridized carbons (Fsp3) is 0.438. The first-order chi connectivity index (χ1) is 29.4. The van der Waals surface area contributed by atoms with Crippen molar-refractivity contribution in [3.8, 4) is 33.6 Å².